The number of ether oxygens (including phenoxy) is 2. The van der Waals surface area contributed by atoms with E-state index in [1.807, 2.05) is 0 Å². The van der Waals surface area contributed by atoms with E-state index < -0.39 is 0 Å². The van der Waals surface area contributed by atoms with Crippen molar-refractivity contribution in [2.75, 3.05) is 13.2 Å². The van der Waals surface area contributed by atoms with Gasteiger partial charge in [0, 0.05) is 24.7 Å². The maximum atomic E-state index is 11.4. The average molecular weight is 322 g/mol. The fourth-order valence-electron chi connectivity index (χ4n) is 4.81. The summed E-state index contributed by atoms with van der Waals surface area (Å²) in [5, 5.41) is 0. The van der Waals surface area contributed by atoms with Crippen LogP contribution in [0.5, 0.6) is 0 Å². The minimum absolute atomic E-state index is 0.0572. The summed E-state index contributed by atoms with van der Waals surface area (Å²) in [6, 6.07) is 0. The van der Waals surface area contributed by atoms with Crippen molar-refractivity contribution in [2.45, 2.75) is 83.8 Å². The van der Waals surface area contributed by atoms with Crippen LogP contribution >= 0.6 is 0 Å². The Morgan fingerprint density at radius 2 is 1.43 bits per heavy atom. The predicted molar refractivity (Wildman–Crippen MR) is 91.1 cm³/mol. The summed E-state index contributed by atoms with van der Waals surface area (Å²) < 4.78 is 12.1. The van der Waals surface area contributed by atoms with Gasteiger partial charge < -0.3 is 9.47 Å². The lowest BCUT2D eigenvalue weighted by atomic mass is 9.70. The maximum absolute atomic E-state index is 11.4. The van der Waals surface area contributed by atoms with Gasteiger partial charge in [-0.05, 0) is 56.8 Å². The van der Waals surface area contributed by atoms with Crippen molar-refractivity contribution in [1.29, 1.82) is 0 Å². The van der Waals surface area contributed by atoms with Gasteiger partial charge in [-0.25, -0.2) is 0 Å². The normalized spacial score (nSPS) is 37.0. The molecule has 0 spiro atoms. The molecule has 3 aliphatic rings. The molecule has 3 fully saturated rings. The Kier molecular flexibility index (Phi) is 6.52. The van der Waals surface area contributed by atoms with Gasteiger partial charge in [0.2, 0.25) is 0 Å². The molecule has 132 valence electrons. The first-order valence-electron chi connectivity index (χ1n) is 10.0. The molecule has 3 heteroatoms. The molecule has 1 saturated heterocycles. The fourth-order valence-corrected chi connectivity index (χ4v) is 4.81. The zero-order valence-corrected chi connectivity index (χ0v) is 14.8. The zero-order chi connectivity index (χ0) is 16.1. The molecule has 3 nitrogen and oxygen atoms in total. The molecule has 3 rings (SSSR count). The Morgan fingerprint density at radius 3 is 2.04 bits per heavy atom. The molecule has 0 radical (unpaired) electrons. The van der Waals surface area contributed by atoms with Crippen LogP contribution in [0, 0.1) is 23.7 Å². The minimum Gasteiger partial charge on any atom is -0.352 e. The topological polar surface area (TPSA) is 35.5 Å². The van der Waals surface area contributed by atoms with Crippen LogP contribution in [0.4, 0.5) is 0 Å². The van der Waals surface area contributed by atoms with Crippen LogP contribution in [0.3, 0.4) is 0 Å². The molecule has 0 bridgehead atoms. The van der Waals surface area contributed by atoms with Gasteiger partial charge in [0.1, 0.15) is 5.78 Å². The third-order valence-electron chi connectivity index (χ3n) is 6.41. The van der Waals surface area contributed by atoms with Gasteiger partial charge in [0.15, 0.2) is 6.29 Å². The maximum Gasteiger partial charge on any atom is 0.160 e. The number of unbranched alkanes of at least 4 members (excludes halogenated alkanes) is 1. The highest BCUT2D eigenvalue weighted by Gasteiger charge is 2.35. The van der Waals surface area contributed by atoms with Crippen molar-refractivity contribution in [1.82, 2.24) is 0 Å². The van der Waals surface area contributed by atoms with E-state index in [4.69, 9.17) is 9.47 Å². The first kappa shape index (κ1) is 17.4. The monoisotopic (exact) mass is 322 g/mol. The van der Waals surface area contributed by atoms with Crippen LogP contribution in [-0.4, -0.2) is 25.3 Å². The van der Waals surface area contributed by atoms with Crippen LogP contribution in [0.15, 0.2) is 0 Å². The minimum atomic E-state index is 0.0572. The number of ketones is 1. The van der Waals surface area contributed by atoms with Crippen molar-refractivity contribution >= 4 is 5.78 Å². The third-order valence-corrected chi connectivity index (χ3v) is 6.41. The van der Waals surface area contributed by atoms with Crippen molar-refractivity contribution in [3.05, 3.63) is 0 Å². The highest BCUT2D eigenvalue weighted by molar-refractivity contribution is 5.79. The lowest BCUT2D eigenvalue weighted by molar-refractivity contribution is -0.230. The molecule has 0 unspecified atom stereocenters. The molecule has 0 aromatic carbocycles. The van der Waals surface area contributed by atoms with Gasteiger partial charge in [0.25, 0.3) is 0 Å². The van der Waals surface area contributed by atoms with E-state index in [9.17, 15) is 4.79 Å². The number of Topliss-reactive ketones (excluding diaryl/α,β-unsaturated/α-hetero) is 1. The Balaban J connectivity index is 1.37. The van der Waals surface area contributed by atoms with Gasteiger partial charge in [-0.15, -0.1) is 0 Å². The van der Waals surface area contributed by atoms with Crippen LogP contribution in [-0.2, 0) is 14.3 Å². The Hall–Kier alpha value is -0.410. The average Bonchev–Trinajstić information content (AvgIpc) is 2.61. The number of carbonyl (C=O) groups is 1. The lowest BCUT2D eigenvalue weighted by Crippen LogP contribution is -2.39. The fraction of sp³-hybridized carbons (Fsp3) is 0.950. The van der Waals surface area contributed by atoms with Crippen molar-refractivity contribution in [3.8, 4) is 0 Å². The summed E-state index contributed by atoms with van der Waals surface area (Å²) in [6.07, 6.45) is 12.9. The van der Waals surface area contributed by atoms with Crippen LogP contribution < -0.4 is 0 Å². The molecular formula is C20H34O3. The first-order chi connectivity index (χ1) is 11.3. The SMILES string of the molecule is CCCCC1COC(C2CCC(C3CCC(=O)CC3)CC2)OC1. The highest BCUT2D eigenvalue weighted by Crippen LogP contribution is 2.41. The molecule has 0 N–H and O–H groups in total. The van der Waals surface area contributed by atoms with E-state index in [1.54, 1.807) is 0 Å². The van der Waals surface area contributed by atoms with E-state index in [0.717, 1.165) is 50.7 Å². The van der Waals surface area contributed by atoms with E-state index in [-0.39, 0.29) is 6.29 Å². The number of hydrogen-bond acceptors (Lipinski definition) is 3. The lowest BCUT2D eigenvalue weighted by Gasteiger charge is -2.40. The Morgan fingerprint density at radius 1 is 0.870 bits per heavy atom. The van der Waals surface area contributed by atoms with Gasteiger partial charge in [-0.2, -0.15) is 0 Å². The van der Waals surface area contributed by atoms with Crippen molar-refractivity contribution in [2.24, 2.45) is 23.7 Å². The van der Waals surface area contributed by atoms with Crippen molar-refractivity contribution < 1.29 is 14.3 Å². The second-order valence-corrected chi connectivity index (χ2v) is 8.09. The molecule has 2 saturated carbocycles. The van der Waals surface area contributed by atoms with E-state index in [1.165, 1.54) is 44.9 Å². The van der Waals surface area contributed by atoms with Gasteiger partial charge >= 0.3 is 0 Å². The summed E-state index contributed by atoms with van der Waals surface area (Å²) in [5.41, 5.74) is 0. The van der Waals surface area contributed by atoms with E-state index in [2.05, 4.69) is 6.92 Å². The van der Waals surface area contributed by atoms with Gasteiger partial charge in [-0.3, -0.25) is 4.79 Å². The largest absolute Gasteiger partial charge is 0.352 e. The zero-order valence-electron chi connectivity index (χ0n) is 14.8. The Labute approximate surface area is 141 Å². The van der Waals surface area contributed by atoms with Gasteiger partial charge in [-0.1, -0.05) is 19.8 Å². The standard InChI is InChI=1S/C20H34O3/c1-2-3-4-15-13-22-20(23-14-15)18-7-5-16(6-8-18)17-9-11-19(21)12-10-17/h15-18,20H,2-14H2,1H3. The molecule has 2 aliphatic carbocycles. The molecule has 1 heterocycles. The summed E-state index contributed by atoms with van der Waals surface area (Å²) in [7, 11) is 0. The van der Waals surface area contributed by atoms with Crippen LogP contribution in [0.25, 0.3) is 0 Å². The predicted octanol–water partition coefficient (Wildman–Crippen LogP) is 4.73. The van der Waals surface area contributed by atoms with E-state index in [0.29, 0.717) is 17.6 Å². The quantitative estimate of drug-likeness (QED) is 0.734. The van der Waals surface area contributed by atoms with Gasteiger partial charge in [0.05, 0.1) is 13.2 Å². The summed E-state index contributed by atoms with van der Waals surface area (Å²) in [6.45, 7) is 4.04. The number of rotatable bonds is 5. The summed E-state index contributed by atoms with van der Waals surface area (Å²) in [4.78, 5) is 11.4. The smallest absolute Gasteiger partial charge is 0.160 e. The Bertz CT molecular complexity index is 355. The molecule has 23 heavy (non-hydrogen) atoms. The first-order valence-corrected chi connectivity index (χ1v) is 10.0. The number of carbonyl (C=O) groups excluding carboxylic acids is 1. The molecule has 1 aliphatic heterocycles. The summed E-state index contributed by atoms with van der Waals surface area (Å²) in [5.74, 6) is 3.35. The van der Waals surface area contributed by atoms with E-state index >= 15 is 0 Å². The number of hydrogen-bond donors (Lipinski definition) is 0. The third kappa shape index (κ3) is 4.79. The molecule has 0 atom stereocenters. The molecule has 0 aromatic heterocycles. The second-order valence-electron chi connectivity index (χ2n) is 8.09. The molecule has 0 amide bonds. The highest BCUT2D eigenvalue weighted by atomic mass is 16.7. The summed E-state index contributed by atoms with van der Waals surface area (Å²) >= 11 is 0. The van der Waals surface area contributed by atoms with Crippen molar-refractivity contribution in [3.63, 3.8) is 0 Å². The van der Waals surface area contributed by atoms with Crippen LogP contribution in [0.1, 0.15) is 77.6 Å². The molecular weight excluding hydrogens is 288 g/mol. The second kappa shape index (κ2) is 8.62. The van der Waals surface area contributed by atoms with Crippen LogP contribution in [0.2, 0.25) is 0 Å². The molecule has 0 aromatic rings.